The molecule has 0 bridgehead atoms. The lowest BCUT2D eigenvalue weighted by Crippen LogP contribution is -2.25. The zero-order valence-corrected chi connectivity index (χ0v) is 10.7. The standard InChI is InChI=1S/C15H14F2O2/c1-15(18,10-5-3-6-11(16)9-10)14-12(17)7-4-8-13(14)19-2/h3-9,18H,1-2H3. The molecular formula is C15H14F2O2. The van der Waals surface area contributed by atoms with Gasteiger partial charge in [-0.25, -0.2) is 8.78 Å². The molecule has 1 N–H and O–H groups in total. The number of hydrogen-bond donors (Lipinski definition) is 1. The monoisotopic (exact) mass is 264 g/mol. The van der Waals surface area contributed by atoms with Crippen molar-refractivity contribution in [1.29, 1.82) is 0 Å². The van der Waals surface area contributed by atoms with Crippen molar-refractivity contribution in [3.05, 3.63) is 65.2 Å². The molecule has 2 nitrogen and oxygen atoms in total. The molecule has 1 unspecified atom stereocenters. The highest BCUT2D eigenvalue weighted by Gasteiger charge is 2.32. The molecule has 0 aliphatic carbocycles. The summed E-state index contributed by atoms with van der Waals surface area (Å²) in [5, 5.41) is 10.6. The second-order valence-electron chi connectivity index (χ2n) is 4.40. The molecule has 0 amide bonds. The van der Waals surface area contributed by atoms with E-state index in [-0.39, 0.29) is 16.9 Å². The minimum atomic E-state index is -1.68. The molecule has 0 heterocycles. The van der Waals surface area contributed by atoms with Gasteiger partial charge in [-0.1, -0.05) is 18.2 Å². The molecule has 0 aliphatic heterocycles. The van der Waals surface area contributed by atoms with Crippen LogP contribution in [0.5, 0.6) is 5.75 Å². The maximum atomic E-state index is 14.0. The fourth-order valence-corrected chi connectivity index (χ4v) is 2.08. The molecule has 2 rings (SSSR count). The summed E-state index contributed by atoms with van der Waals surface area (Å²) in [6, 6.07) is 9.70. The lowest BCUT2D eigenvalue weighted by molar-refractivity contribution is 0.0941. The number of halogens is 2. The van der Waals surface area contributed by atoms with Gasteiger partial charge >= 0.3 is 0 Å². The van der Waals surface area contributed by atoms with Crippen LogP contribution in [0.4, 0.5) is 8.78 Å². The van der Waals surface area contributed by atoms with Crippen LogP contribution < -0.4 is 4.74 Å². The minimum Gasteiger partial charge on any atom is -0.496 e. The van der Waals surface area contributed by atoms with E-state index in [1.807, 2.05) is 0 Å². The lowest BCUT2D eigenvalue weighted by atomic mass is 9.87. The molecule has 100 valence electrons. The summed E-state index contributed by atoms with van der Waals surface area (Å²) in [5.41, 5.74) is -1.43. The minimum absolute atomic E-state index is 0.0110. The Morgan fingerprint density at radius 2 is 1.79 bits per heavy atom. The zero-order valence-electron chi connectivity index (χ0n) is 10.7. The predicted octanol–water partition coefficient (Wildman–Crippen LogP) is 3.23. The van der Waals surface area contributed by atoms with Crippen molar-refractivity contribution in [2.45, 2.75) is 12.5 Å². The van der Waals surface area contributed by atoms with Gasteiger partial charge in [0.05, 0.1) is 12.7 Å². The van der Waals surface area contributed by atoms with Crippen LogP contribution in [0.25, 0.3) is 0 Å². The van der Waals surface area contributed by atoms with Crippen LogP contribution in [0, 0.1) is 11.6 Å². The third kappa shape index (κ3) is 2.44. The number of rotatable bonds is 3. The summed E-state index contributed by atoms with van der Waals surface area (Å²) in [7, 11) is 1.39. The van der Waals surface area contributed by atoms with Gasteiger partial charge in [0.25, 0.3) is 0 Å². The molecule has 0 fully saturated rings. The molecule has 0 saturated carbocycles. The first-order valence-corrected chi connectivity index (χ1v) is 5.78. The van der Waals surface area contributed by atoms with Gasteiger partial charge in [-0.15, -0.1) is 0 Å². The summed E-state index contributed by atoms with van der Waals surface area (Å²) >= 11 is 0. The normalized spacial score (nSPS) is 13.9. The smallest absolute Gasteiger partial charge is 0.133 e. The van der Waals surface area contributed by atoms with Gasteiger partial charge in [0.15, 0.2) is 0 Å². The van der Waals surface area contributed by atoms with Gasteiger partial charge in [0, 0.05) is 0 Å². The van der Waals surface area contributed by atoms with E-state index in [1.54, 1.807) is 6.07 Å². The van der Waals surface area contributed by atoms with Crippen molar-refractivity contribution in [1.82, 2.24) is 0 Å². The molecule has 0 spiro atoms. The van der Waals surface area contributed by atoms with Crippen LogP contribution in [0.2, 0.25) is 0 Å². The fraction of sp³-hybridized carbons (Fsp3) is 0.200. The summed E-state index contributed by atoms with van der Waals surface area (Å²) in [6.45, 7) is 1.41. The highest BCUT2D eigenvalue weighted by atomic mass is 19.1. The Morgan fingerprint density at radius 1 is 1.11 bits per heavy atom. The zero-order chi connectivity index (χ0) is 14.0. The number of benzene rings is 2. The fourth-order valence-electron chi connectivity index (χ4n) is 2.08. The molecule has 19 heavy (non-hydrogen) atoms. The summed E-state index contributed by atoms with van der Waals surface area (Å²) in [5.74, 6) is -0.879. The van der Waals surface area contributed by atoms with Crippen LogP contribution in [-0.4, -0.2) is 12.2 Å². The van der Waals surface area contributed by atoms with Gasteiger partial charge in [0.2, 0.25) is 0 Å². The third-order valence-corrected chi connectivity index (χ3v) is 3.07. The highest BCUT2D eigenvalue weighted by Crippen LogP contribution is 2.37. The van der Waals surface area contributed by atoms with Gasteiger partial charge < -0.3 is 9.84 Å². The van der Waals surface area contributed by atoms with Gasteiger partial charge in [-0.05, 0) is 36.8 Å². The summed E-state index contributed by atoms with van der Waals surface area (Å²) in [6.07, 6.45) is 0. The van der Waals surface area contributed by atoms with Crippen molar-refractivity contribution in [2.75, 3.05) is 7.11 Å². The molecule has 2 aromatic carbocycles. The Hall–Kier alpha value is -1.94. The van der Waals surface area contributed by atoms with Crippen LogP contribution in [0.1, 0.15) is 18.1 Å². The summed E-state index contributed by atoms with van der Waals surface area (Å²) in [4.78, 5) is 0. The molecule has 0 aromatic heterocycles. The molecule has 0 radical (unpaired) electrons. The van der Waals surface area contributed by atoms with E-state index in [4.69, 9.17) is 4.74 Å². The van der Waals surface area contributed by atoms with E-state index in [0.29, 0.717) is 0 Å². The van der Waals surface area contributed by atoms with E-state index in [2.05, 4.69) is 0 Å². The van der Waals surface area contributed by atoms with Crippen molar-refractivity contribution in [2.24, 2.45) is 0 Å². The largest absolute Gasteiger partial charge is 0.496 e. The lowest BCUT2D eigenvalue weighted by Gasteiger charge is -2.26. The molecule has 4 heteroatoms. The van der Waals surface area contributed by atoms with Crippen molar-refractivity contribution >= 4 is 0 Å². The van der Waals surface area contributed by atoms with E-state index in [1.165, 1.54) is 50.4 Å². The Bertz CT molecular complexity index is 594. The van der Waals surface area contributed by atoms with Crippen molar-refractivity contribution < 1.29 is 18.6 Å². The first-order valence-electron chi connectivity index (χ1n) is 5.78. The number of methoxy groups -OCH3 is 1. The average molecular weight is 264 g/mol. The second kappa shape index (κ2) is 4.97. The quantitative estimate of drug-likeness (QED) is 0.922. The van der Waals surface area contributed by atoms with Gasteiger partial charge in [-0.3, -0.25) is 0 Å². The maximum absolute atomic E-state index is 14.0. The average Bonchev–Trinajstić information content (AvgIpc) is 2.38. The SMILES string of the molecule is COc1cccc(F)c1C(C)(O)c1cccc(F)c1. The Labute approximate surface area is 110 Å². The van der Waals surface area contributed by atoms with E-state index in [0.717, 1.165) is 0 Å². The molecule has 2 aromatic rings. The summed E-state index contributed by atoms with van der Waals surface area (Å²) < 4.78 is 32.3. The predicted molar refractivity (Wildman–Crippen MR) is 68.0 cm³/mol. The van der Waals surface area contributed by atoms with Crippen LogP contribution in [-0.2, 0) is 5.60 Å². The van der Waals surface area contributed by atoms with Crippen LogP contribution in [0.15, 0.2) is 42.5 Å². The first kappa shape index (κ1) is 13.5. The first-order chi connectivity index (χ1) is 8.96. The molecule has 0 saturated heterocycles. The Morgan fingerprint density at radius 3 is 2.42 bits per heavy atom. The second-order valence-corrected chi connectivity index (χ2v) is 4.40. The molecule has 1 atom stereocenters. The van der Waals surface area contributed by atoms with E-state index in [9.17, 15) is 13.9 Å². The topological polar surface area (TPSA) is 29.5 Å². The Kier molecular flexibility index (Phi) is 3.53. The Balaban J connectivity index is 2.62. The molecule has 0 aliphatic rings. The highest BCUT2D eigenvalue weighted by molar-refractivity contribution is 5.45. The number of aliphatic hydroxyl groups is 1. The number of ether oxygens (including phenoxy) is 1. The van der Waals surface area contributed by atoms with Crippen LogP contribution in [0.3, 0.4) is 0 Å². The third-order valence-electron chi connectivity index (χ3n) is 3.07. The van der Waals surface area contributed by atoms with Gasteiger partial charge in [-0.2, -0.15) is 0 Å². The van der Waals surface area contributed by atoms with Crippen molar-refractivity contribution in [3.63, 3.8) is 0 Å². The number of hydrogen-bond acceptors (Lipinski definition) is 2. The maximum Gasteiger partial charge on any atom is 0.133 e. The van der Waals surface area contributed by atoms with E-state index >= 15 is 0 Å². The van der Waals surface area contributed by atoms with Gasteiger partial charge in [0.1, 0.15) is 23.0 Å². The van der Waals surface area contributed by atoms with E-state index < -0.39 is 17.2 Å². The van der Waals surface area contributed by atoms with Crippen molar-refractivity contribution in [3.8, 4) is 5.75 Å². The molecular weight excluding hydrogens is 250 g/mol. The van der Waals surface area contributed by atoms with Crippen LogP contribution >= 0.6 is 0 Å².